The molecule has 0 spiro atoms. The lowest BCUT2D eigenvalue weighted by Crippen LogP contribution is -2.35. The molecule has 6 heteroatoms. The van der Waals surface area contributed by atoms with E-state index in [0.29, 0.717) is 13.2 Å². The molecule has 108 valence electrons. The Labute approximate surface area is 115 Å². The fraction of sp³-hybridized carbons (Fsp3) is 0.833. The molecule has 0 saturated heterocycles. The number of unbranched alkanes of at least 4 members (excludes halogenated alkanes) is 2. The van der Waals surface area contributed by atoms with E-state index in [1.807, 2.05) is 13.8 Å². The van der Waals surface area contributed by atoms with Gasteiger partial charge in [0, 0.05) is 0 Å². The number of carbonyl (C=O) groups excluding carboxylic acids is 2. The third kappa shape index (κ3) is 10.4. The maximum absolute atomic E-state index is 11.3. The minimum Gasteiger partial charge on any atom is -0.466 e. The lowest BCUT2D eigenvalue weighted by atomic mass is 10.2. The van der Waals surface area contributed by atoms with E-state index in [2.05, 4.69) is 0 Å². The van der Waals surface area contributed by atoms with Crippen molar-refractivity contribution in [3.63, 3.8) is 0 Å². The molecule has 0 aromatic heterocycles. The van der Waals surface area contributed by atoms with Gasteiger partial charge >= 0.3 is 11.9 Å². The monoisotopic (exact) mass is 281 g/mol. The van der Waals surface area contributed by atoms with Crippen LogP contribution in [-0.4, -0.2) is 31.2 Å². The second-order valence-corrected chi connectivity index (χ2v) is 3.91. The van der Waals surface area contributed by atoms with Gasteiger partial charge in [0.2, 0.25) is 0 Å². The maximum atomic E-state index is 11.3. The molecule has 2 N–H and O–H groups in total. The molecule has 0 fully saturated rings. The lowest BCUT2D eigenvalue weighted by molar-refractivity contribution is -0.152. The molecule has 0 heterocycles. The van der Waals surface area contributed by atoms with Gasteiger partial charge in [-0.25, -0.2) is 0 Å². The van der Waals surface area contributed by atoms with Gasteiger partial charge in [-0.3, -0.25) is 9.59 Å². The molecule has 18 heavy (non-hydrogen) atoms. The summed E-state index contributed by atoms with van der Waals surface area (Å²) in [4.78, 5) is 22.6. The smallest absolute Gasteiger partial charge is 0.323 e. The summed E-state index contributed by atoms with van der Waals surface area (Å²) in [7, 11) is 0. The summed E-state index contributed by atoms with van der Waals surface area (Å²) in [6.07, 6.45) is 3.41. The van der Waals surface area contributed by atoms with Crippen LogP contribution in [-0.2, 0) is 19.1 Å². The largest absolute Gasteiger partial charge is 0.466 e. The molecule has 0 aliphatic rings. The zero-order valence-electron chi connectivity index (χ0n) is 11.1. The normalized spacial score (nSPS) is 11.3. The Balaban J connectivity index is 0. The van der Waals surface area contributed by atoms with Gasteiger partial charge < -0.3 is 15.2 Å². The fourth-order valence-corrected chi connectivity index (χ4v) is 1.08. The van der Waals surface area contributed by atoms with Crippen molar-refractivity contribution in [2.45, 2.75) is 52.0 Å². The van der Waals surface area contributed by atoms with E-state index in [1.165, 1.54) is 0 Å². The highest BCUT2D eigenvalue weighted by Crippen LogP contribution is 1.98. The van der Waals surface area contributed by atoms with Gasteiger partial charge in [-0.05, 0) is 12.8 Å². The van der Waals surface area contributed by atoms with Gasteiger partial charge in [0.05, 0.1) is 19.6 Å². The average Bonchev–Trinajstić information content (AvgIpc) is 2.29. The van der Waals surface area contributed by atoms with Crippen molar-refractivity contribution in [2.75, 3.05) is 13.2 Å². The summed E-state index contributed by atoms with van der Waals surface area (Å²) >= 11 is 0. The molecule has 0 radical (unpaired) electrons. The predicted molar refractivity (Wildman–Crippen MR) is 71.6 cm³/mol. The molecule has 0 saturated carbocycles. The van der Waals surface area contributed by atoms with Crippen molar-refractivity contribution >= 4 is 24.3 Å². The first-order valence-electron chi connectivity index (χ1n) is 6.19. The predicted octanol–water partition coefficient (Wildman–Crippen LogP) is 1.81. The number of nitrogens with two attached hydrogens (primary N) is 1. The average molecular weight is 282 g/mol. The van der Waals surface area contributed by atoms with Crippen LogP contribution < -0.4 is 5.73 Å². The Morgan fingerprint density at radius 2 is 1.56 bits per heavy atom. The highest BCUT2D eigenvalue weighted by molar-refractivity contribution is 5.85. The third-order valence-corrected chi connectivity index (χ3v) is 2.19. The van der Waals surface area contributed by atoms with Crippen LogP contribution in [0.2, 0.25) is 0 Å². The van der Waals surface area contributed by atoms with Crippen molar-refractivity contribution in [1.29, 1.82) is 0 Å². The van der Waals surface area contributed by atoms with Crippen LogP contribution in [0.4, 0.5) is 0 Å². The Kier molecular flexibility index (Phi) is 13.7. The summed E-state index contributed by atoms with van der Waals surface area (Å²) in [6.45, 7) is 4.74. The van der Waals surface area contributed by atoms with Crippen LogP contribution >= 0.6 is 12.4 Å². The fourth-order valence-electron chi connectivity index (χ4n) is 1.08. The van der Waals surface area contributed by atoms with E-state index in [-0.39, 0.29) is 18.8 Å². The summed E-state index contributed by atoms with van der Waals surface area (Å²) < 4.78 is 9.80. The highest BCUT2D eigenvalue weighted by atomic mass is 35.5. The van der Waals surface area contributed by atoms with Gasteiger partial charge in [0.25, 0.3) is 0 Å². The van der Waals surface area contributed by atoms with E-state index in [0.717, 1.165) is 25.7 Å². The number of carbonyl (C=O) groups is 2. The Hall–Kier alpha value is -0.810. The second kappa shape index (κ2) is 12.6. The summed E-state index contributed by atoms with van der Waals surface area (Å²) in [6, 6.07) is -0.916. The maximum Gasteiger partial charge on any atom is 0.323 e. The highest BCUT2D eigenvalue weighted by Gasteiger charge is 2.19. The molecule has 0 aliphatic heterocycles. The van der Waals surface area contributed by atoms with Crippen LogP contribution in [0.3, 0.4) is 0 Å². The lowest BCUT2D eigenvalue weighted by Gasteiger charge is -2.10. The molecule has 1 unspecified atom stereocenters. The van der Waals surface area contributed by atoms with E-state index >= 15 is 0 Å². The topological polar surface area (TPSA) is 78.6 Å². The van der Waals surface area contributed by atoms with E-state index in [4.69, 9.17) is 15.2 Å². The number of hydrogen-bond donors (Lipinski definition) is 1. The van der Waals surface area contributed by atoms with Crippen molar-refractivity contribution in [1.82, 2.24) is 0 Å². The van der Waals surface area contributed by atoms with Crippen LogP contribution in [0.15, 0.2) is 0 Å². The van der Waals surface area contributed by atoms with Crippen LogP contribution in [0, 0.1) is 0 Å². The molecular weight excluding hydrogens is 258 g/mol. The Morgan fingerprint density at radius 1 is 1.06 bits per heavy atom. The van der Waals surface area contributed by atoms with Gasteiger partial charge in [-0.2, -0.15) is 0 Å². The SMILES string of the molecule is CCCCOC(=O)CC(N)C(=O)OCCCC.Cl. The van der Waals surface area contributed by atoms with Gasteiger partial charge in [0.15, 0.2) is 0 Å². The molecule has 0 aromatic carbocycles. The van der Waals surface area contributed by atoms with E-state index < -0.39 is 18.0 Å². The first-order valence-corrected chi connectivity index (χ1v) is 6.19. The van der Waals surface area contributed by atoms with Crippen LogP contribution in [0.1, 0.15) is 46.0 Å². The van der Waals surface area contributed by atoms with Crippen LogP contribution in [0.25, 0.3) is 0 Å². The number of esters is 2. The standard InChI is InChI=1S/C12H23NO4.ClH/c1-3-5-7-16-11(14)9-10(13)12(15)17-8-6-4-2;/h10H,3-9,13H2,1-2H3;1H. The Bertz CT molecular complexity index is 236. The third-order valence-electron chi connectivity index (χ3n) is 2.19. The molecule has 0 bridgehead atoms. The summed E-state index contributed by atoms with van der Waals surface area (Å²) in [5.41, 5.74) is 5.53. The molecule has 0 amide bonds. The van der Waals surface area contributed by atoms with Crippen molar-refractivity contribution in [3.8, 4) is 0 Å². The first kappa shape index (κ1) is 19.5. The van der Waals surface area contributed by atoms with Crippen molar-refractivity contribution < 1.29 is 19.1 Å². The van der Waals surface area contributed by atoms with E-state index in [9.17, 15) is 9.59 Å². The zero-order chi connectivity index (χ0) is 13.1. The van der Waals surface area contributed by atoms with E-state index in [1.54, 1.807) is 0 Å². The quantitative estimate of drug-likeness (QED) is 0.515. The van der Waals surface area contributed by atoms with Crippen LogP contribution in [0.5, 0.6) is 0 Å². The molecule has 1 atom stereocenters. The first-order chi connectivity index (χ1) is 8.11. The number of rotatable bonds is 9. The summed E-state index contributed by atoms with van der Waals surface area (Å²) in [5, 5.41) is 0. The van der Waals surface area contributed by atoms with Gasteiger partial charge in [-0.15, -0.1) is 12.4 Å². The van der Waals surface area contributed by atoms with Crippen molar-refractivity contribution in [3.05, 3.63) is 0 Å². The Morgan fingerprint density at radius 3 is 2.06 bits per heavy atom. The number of halogens is 1. The molecule has 5 nitrogen and oxygen atoms in total. The minimum absolute atomic E-state index is 0. The molecule has 0 aliphatic carbocycles. The van der Waals surface area contributed by atoms with Gasteiger partial charge in [-0.1, -0.05) is 26.7 Å². The zero-order valence-corrected chi connectivity index (χ0v) is 12.0. The van der Waals surface area contributed by atoms with Gasteiger partial charge in [0.1, 0.15) is 6.04 Å². The van der Waals surface area contributed by atoms with Crippen molar-refractivity contribution in [2.24, 2.45) is 5.73 Å². The molecular formula is C12H24ClNO4. The summed E-state index contributed by atoms with van der Waals surface area (Å²) in [5.74, 6) is -0.982. The molecule has 0 aromatic rings. The number of hydrogen-bond acceptors (Lipinski definition) is 5. The minimum atomic E-state index is -0.916. The second-order valence-electron chi connectivity index (χ2n) is 3.91. The molecule has 0 rings (SSSR count). The number of ether oxygens (including phenoxy) is 2.